The quantitative estimate of drug-likeness (QED) is 0.627. The molecule has 0 aliphatic carbocycles. The molecule has 7 heteroatoms. The van der Waals surface area contributed by atoms with Crippen molar-refractivity contribution in [1.82, 2.24) is 15.6 Å². The third-order valence-corrected chi connectivity index (χ3v) is 2.83. The van der Waals surface area contributed by atoms with E-state index in [0.29, 0.717) is 19.0 Å². The van der Waals surface area contributed by atoms with Gasteiger partial charge in [-0.15, -0.1) is 0 Å². The molecule has 0 aromatic carbocycles. The van der Waals surface area contributed by atoms with Crippen LogP contribution in [0.1, 0.15) is 24.5 Å². The van der Waals surface area contributed by atoms with Crippen molar-refractivity contribution in [3.05, 3.63) is 29.6 Å². The first kappa shape index (κ1) is 17.3. The molecule has 0 bridgehead atoms. The summed E-state index contributed by atoms with van der Waals surface area (Å²) in [6.45, 7) is 4.78. The van der Waals surface area contributed by atoms with Gasteiger partial charge >= 0.3 is 6.18 Å². The second kappa shape index (κ2) is 8.49. The van der Waals surface area contributed by atoms with Crippen LogP contribution in [0.25, 0.3) is 0 Å². The molecule has 4 nitrogen and oxygen atoms in total. The molecule has 0 amide bonds. The molecular weight excluding hydrogens is 281 g/mol. The van der Waals surface area contributed by atoms with Crippen molar-refractivity contribution >= 4 is 5.96 Å². The van der Waals surface area contributed by atoms with Gasteiger partial charge in [0.25, 0.3) is 0 Å². The maximum Gasteiger partial charge on any atom is 0.390 e. The summed E-state index contributed by atoms with van der Waals surface area (Å²) < 4.78 is 36.3. The number of pyridine rings is 1. The standard InChI is InChI=1S/C14H21F3N4/c1-3-19-13(21-9-6-14(15,16)17)20-8-5-12-4-7-18-10-11(12)2/h4,7,10H,3,5-6,8-9H2,1-2H3,(H2,19,20,21). The first-order chi connectivity index (χ1) is 9.92. The second-order valence-corrected chi connectivity index (χ2v) is 4.60. The second-order valence-electron chi connectivity index (χ2n) is 4.60. The Balaban J connectivity index is 2.44. The van der Waals surface area contributed by atoms with Gasteiger partial charge in [0, 0.05) is 25.5 Å². The average Bonchev–Trinajstić information content (AvgIpc) is 2.39. The van der Waals surface area contributed by atoms with E-state index in [9.17, 15) is 13.2 Å². The topological polar surface area (TPSA) is 49.3 Å². The number of rotatable bonds is 6. The number of alkyl halides is 3. The SMILES string of the molecule is CCNC(=NCCC(F)(F)F)NCCc1ccncc1C. The van der Waals surface area contributed by atoms with Crippen molar-refractivity contribution < 1.29 is 13.2 Å². The highest BCUT2D eigenvalue weighted by molar-refractivity contribution is 5.79. The van der Waals surface area contributed by atoms with Crippen LogP contribution in [0.2, 0.25) is 0 Å². The molecule has 0 spiro atoms. The minimum Gasteiger partial charge on any atom is -0.357 e. The fourth-order valence-corrected chi connectivity index (χ4v) is 1.73. The number of hydrogen-bond donors (Lipinski definition) is 2. The van der Waals surface area contributed by atoms with E-state index in [1.165, 1.54) is 0 Å². The van der Waals surface area contributed by atoms with Gasteiger partial charge in [-0.1, -0.05) is 0 Å². The molecule has 118 valence electrons. The number of aliphatic imine (C=N–C) groups is 1. The van der Waals surface area contributed by atoms with Crippen LogP contribution in [-0.2, 0) is 6.42 Å². The fourth-order valence-electron chi connectivity index (χ4n) is 1.73. The van der Waals surface area contributed by atoms with Gasteiger partial charge in [0.2, 0.25) is 0 Å². The number of guanidine groups is 1. The summed E-state index contributed by atoms with van der Waals surface area (Å²) in [5.41, 5.74) is 2.25. The monoisotopic (exact) mass is 302 g/mol. The zero-order valence-electron chi connectivity index (χ0n) is 12.3. The zero-order valence-corrected chi connectivity index (χ0v) is 12.3. The minimum absolute atomic E-state index is 0.271. The summed E-state index contributed by atoms with van der Waals surface area (Å²) in [6, 6.07) is 1.94. The lowest BCUT2D eigenvalue weighted by atomic mass is 10.1. The summed E-state index contributed by atoms with van der Waals surface area (Å²) >= 11 is 0. The summed E-state index contributed by atoms with van der Waals surface area (Å²) in [5.74, 6) is 0.411. The molecule has 2 N–H and O–H groups in total. The van der Waals surface area contributed by atoms with Crippen LogP contribution in [0.15, 0.2) is 23.5 Å². The third-order valence-electron chi connectivity index (χ3n) is 2.83. The van der Waals surface area contributed by atoms with Crippen LogP contribution < -0.4 is 10.6 Å². The maximum absolute atomic E-state index is 12.1. The Morgan fingerprint density at radius 1 is 1.33 bits per heavy atom. The fraction of sp³-hybridized carbons (Fsp3) is 0.571. The molecule has 0 unspecified atom stereocenters. The summed E-state index contributed by atoms with van der Waals surface area (Å²) in [4.78, 5) is 7.93. The van der Waals surface area contributed by atoms with E-state index < -0.39 is 12.6 Å². The van der Waals surface area contributed by atoms with E-state index in [0.717, 1.165) is 17.5 Å². The van der Waals surface area contributed by atoms with Gasteiger partial charge in [0.15, 0.2) is 5.96 Å². The molecule has 1 aromatic heterocycles. The number of aryl methyl sites for hydroxylation is 1. The van der Waals surface area contributed by atoms with Gasteiger partial charge < -0.3 is 10.6 Å². The van der Waals surface area contributed by atoms with Crippen molar-refractivity contribution in [2.45, 2.75) is 32.9 Å². The summed E-state index contributed by atoms with van der Waals surface area (Å²) in [7, 11) is 0. The van der Waals surface area contributed by atoms with E-state index in [1.807, 2.05) is 19.9 Å². The summed E-state index contributed by atoms with van der Waals surface area (Å²) in [6.07, 6.45) is -0.803. The Kier molecular flexibility index (Phi) is 6.98. The third kappa shape index (κ3) is 7.53. The van der Waals surface area contributed by atoms with Crippen molar-refractivity contribution in [2.24, 2.45) is 4.99 Å². The lowest BCUT2D eigenvalue weighted by Crippen LogP contribution is -2.38. The molecule has 0 atom stereocenters. The van der Waals surface area contributed by atoms with Gasteiger partial charge in [-0.2, -0.15) is 13.2 Å². The average molecular weight is 302 g/mol. The molecule has 0 radical (unpaired) electrons. The maximum atomic E-state index is 12.1. The Morgan fingerprint density at radius 3 is 2.71 bits per heavy atom. The molecule has 21 heavy (non-hydrogen) atoms. The molecule has 1 rings (SSSR count). The van der Waals surface area contributed by atoms with Crippen molar-refractivity contribution in [3.63, 3.8) is 0 Å². The lowest BCUT2D eigenvalue weighted by Gasteiger charge is -2.12. The Labute approximate surface area is 122 Å². The zero-order chi connectivity index (χ0) is 15.7. The Morgan fingerprint density at radius 2 is 2.10 bits per heavy atom. The Bertz CT molecular complexity index is 458. The molecule has 1 heterocycles. The first-order valence-electron chi connectivity index (χ1n) is 6.91. The molecular formula is C14H21F3N4. The predicted molar refractivity (Wildman–Crippen MR) is 77.3 cm³/mol. The van der Waals surface area contributed by atoms with Crippen LogP contribution in [0.4, 0.5) is 13.2 Å². The molecule has 0 saturated heterocycles. The minimum atomic E-state index is -4.17. The van der Waals surface area contributed by atoms with Gasteiger partial charge in [-0.25, -0.2) is 0 Å². The normalized spacial score (nSPS) is 12.3. The number of hydrogen-bond acceptors (Lipinski definition) is 2. The van der Waals surface area contributed by atoms with Crippen LogP contribution in [-0.4, -0.2) is 36.8 Å². The lowest BCUT2D eigenvalue weighted by molar-refractivity contribution is -0.132. The molecule has 1 aromatic rings. The molecule has 0 aliphatic heterocycles. The van der Waals surface area contributed by atoms with Crippen LogP contribution >= 0.6 is 0 Å². The van der Waals surface area contributed by atoms with Crippen LogP contribution in [0.5, 0.6) is 0 Å². The van der Waals surface area contributed by atoms with E-state index in [-0.39, 0.29) is 6.54 Å². The molecule has 0 saturated carbocycles. The molecule has 0 fully saturated rings. The van der Waals surface area contributed by atoms with E-state index >= 15 is 0 Å². The highest BCUT2D eigenvalue weighted by atomic mass is 19.4. The van der Waals surface area contributed by atoms with Gasteiger partial charge in [-0.3, -0.25) is 9.98 Å². The van der Waals surface area contributed by atoms with Crippen LogP contribution in [0, 0.1) is 6.92 Å². The van der Waals surface area contributed by atoms with E-state index in [2.05, 4.69) is 20.6 Å². The highest BCUT2D eigenvalue weighted by Gasteiger charge is 2.26. The predicted octanol–water partition coefficient (Wildman–Crippen LogP) is 2.44. The first-order valence-corrected chi connectivity index (χ1v) is 6.91. The number of nitrogens with zero attached hydrogens (tertiary/aromatic N) is 2. The largest absolute Gasteiger partial charge is 0.390 e. The Hall–Kier alpha value is -1.79. The summed E-state index contributed by atoms with van der Waals surface area (Å²) in [5, 5.41) is 5.96. The van der Waals surface area contributed by atoms with E-state index in [4.69, 9.17) is 0 Å². The molecule has 0 aliphatic rings. The van der Waals surface area contributed by atoms with Crippen LogP contribution in [0.3, 0.4) is 0 Å². The van der Waals surface area contributed by atoms with Crippen molar-refractivity contribution in [3.8, 4) is 0 Å². The highest BCUT2D eigenvalue weighted by Crippen LogP contribution is 2.18. The van der Waals surface area contributed by atoms with Gasteiger partial charge in [-0.05, 0) is 37.5 Å². The number of aromatic nitrogens is 1. The van der Waals surface area contributed by atoms with Crippen molar-refractivity contribution in [2.75, 3.05) is 19.6 Å². The van der Waals surface area contributed by atoms with E-state index in [1.54, 1.807) is 12.4 Å². The smallest absolute Gasteiger partial charge is 0.357 e. The number of halogens is 3. The van der Waals surface area contributed by atoms with Crippen molar-refractivity contribution in [1.29, 1.82) is 0 Å². The van der Waals surface area contributed by atoms with Gasteiger partial charge in [0.05, 0.1) is 13.0 Å². The van der Waals surface area contributed by atoms with Gasteiger partial charge in [0.1, 0.15) is 0 Å². The number of nitrogens with one attached hydrogen (secondary N) is 2.